The van der Waals surface area contributed by atoms with Crippen LogP contribution in [-0.2, 0) is 17.3 Å². The van der Waals surface area contributed by atoms with Crippen LogP contribution in [-0.4, -0.2) is 25.1 Å². The highest BCUT2D eigenvalue weighted by Crippen LogP contribution is 2.41. The summed E-state index contributed by atoms with van der Waals surface area (Å²) in [7, 11) is 0. The fourth-order valence-corrected chi connectivity index (χ4v) is 6.45. The van der Waals surface area contributed by atoms with Gasteiger partial charge in [0.2, 0.25) is 5.89 Å². The number of aryl methyl sites for hydroxylation is 1. The highest BCUT2D eigenvalue weighted by atomic mass is 19.1. The summed E-state index contributed by atoms with van der Waals surface area (Å²) in [6.07, 6.45) is 7.26. The second-order valence-corrected chi connectivity index (χ2v) is 13.0. The number of aromatic nitrogens is 5. The molecule has 1 aliphatic heterocycles. The van der Waals surface area contributed by atoms with Crippen LogP contribution in [0.4, 0.5) is 8.78 Å². The van der Waals surface area contributed by atoms with Crippen LogP contribution in [0.25, 0.3) is 22.3 Å². The monoisotopic (exact) mass is 607 g/mol. The van der Waals surface area contributed by atoms with E-state index in [2.05, 4.69) is 72.1 Å². The second-order valence-electron chi connectivity index (χ2n) is 13.0. The van der Waals surface area contributed by atoms with Gasteiger partial charge in [0.15, 0.2) is 17.4 Å². The molecule has 7 rings (SSSR count). The van der Waals surface area contributed by atoms with Gasteiger partial charge in [0.25, 0.3) is 0 Å². The van der Waals surface area contributed by atoms with Crippen LogP contribution in [0.1, 0.15) is 80.6 Å². The molecule has 3 aromatic carbocycles. The Morgan fingerprint density at radius 2 is 1.78 bits per heavy atom. The van der Waals surface area contributed by atoms with Crippen molar-refractivity contribution >= 4 is 10.9 Å². The van der Waals surface area contributed by atoms with E-state index in [1.807, 2.05) is 6.07 Å². The number of nitrogens with one attached hydrogen (secondary N) is 2. The molecule has 1 aliphatic rings. The highest BCUT2D eigenvalue weighted by Gasteiger charge is 2.33. The average molecular weight is 608 g/mol. The summed E-state index contributed by atoms with van der Waals surface area (Å²) >= 11 is 0. The Morgan fingerprint density at radius 3 is 2.62 bits per heavy atom. The van der Waals surface area contributed by atoms with E-state index in [4.69, 9.17) is 14.2 Å². The Balaban J connectivity index is 1.38. The lowest BCUT2D eigenvalue weighted by atomic mass is 9.74. The van der Waals surface area contributed by atoms with Crippen molar-refractivity contribution in [1.29, 1.82) is 0 Å². The smallest absolute Gasteiger partial charge is 0.231 e. The van der Waals surface area contributed by atoms with Crippen LogP contribution in [0.5, 0.6) is 11.5 Å². The minimum atomic E-state index is -0.564. The van der Waals surface area contributed by atoms with Crippen molar-refractivity contribution in [1.82, 2.24) is 25.1 Å². The van der Waals surface area contributed by atoms with Crippen molar-refractivity contribution < 1.29 is 18.0 Å². The molecule has 0 aliphatic carbocycles. The summed E-state index contributed by atoms with van der Waals surface area (Å²) in [5.41, 5.74) is 3.87. The molecule has 6 bridgehead atoms. The third-order valence-corrected chi connectivity index (χ3v) is 9.23. The van der Waals surface area contributed by atoms with Gasteiger partial charge in [0.1, 0.15) is 17.4 Å². The number of rotatable bonds is 1. The quantitative estimate of drug-likeness (QED) is 0.195. The number of aromatic amines is 2. The maximum absolute atomic E-state index is 15.7. The molecule has 230 valence electrons. The molecule has 2 N–H and O–H groups in total. The van der Waals surface area contributed by atoms with E-state index in [9.17, 15) is 0 Å². The number of imidazole rings is 1. The zero-order chi connectivity index (χ0) is 31.3. The fourth-order valence-electron chi connectivity index (χ4n) is 6.45. The number of benzene rings is 3. The standard InChI is InChI=1S/C36H35F2N5O2/c1-21-8-7-9-22(16-21)36(4)14-6-5-13-35(2,3)34-42-31(45-43-34)18-25-24-12-15-39-29(24)19-28(38)32(25)44-23-10-11-27(37)26(17-23)33-40-20-30(36)41-33/h7-12,15-17,19-20,39H,5-6,13-14,18H2,1-4H3,(H,40,41). The lowest BCUT2D eigenvalue weighted by molar-refractivity contribution is 0.349. The fraction of sp³-hybridized carbons (Fsp3) is 0.306. The van der Waals surface area contributed by atoms with E-state index in [1.165, 1.54) is 23.8 Å². The molecular weight excluding hydrogens is 572 g/mol. The summed E-state index contributed by atoms with van der Waals surface area (Å²) in [6.45, 7) is 8.52. The zero-order valence-corrected chi connectivity index (χ0v) is 25.8. The molecule has 0 saturated carbocycles. The number of halogens is 2. The summed E-state index contributed by atoms with van der Waals surface area (Å²) in [5, 5.41) is 5.11. The van der Waals surface area contributed by atoms with E-state index >= 15 is 8.78 Å². The van der Waals surface area contributed by atoms with Crippen molar-refractivity contribution in [3.8, 4) is 22.9 Å². The SMILES string of the molecule is Cc1cccc(C2(C)CCCCC(C)(C)c3noc(n3)Cc3c(c(F)cc4[nH]ccc34)Oc3ccc(F)c(c3)-c3ncc2[nH]3)c1. The first kappa shape index (κ1) is 29.0. The maximum Gasteiger partial charge on any atom is 0.231 e. The van der Waals surface area contributed by atoms with Crippen molar-refractivity contribution in [2.75, 3.05) is 0 Å². The van der Waals surface area contributed by atoms with Crippen molar-refractivity contribution in [2.45, 2.75) is 70.6 Å². The van der Waals surface area contributed by atoms with Gasteiger partial charge in [-0.1, -0.05) is 61.7 Å². The van der Waals surface area contributed by atoms with Crippen molar-refractivity contribution in [2.24, 2.45) is 0 Å². The van der Waals surface area contributed by atoms with Crippen LogP contribution in [0.3, 0.4) is 0 Å². The van der Waals surface area contributed by atoms with Gasteiger partial charge in [-0.3, -0.25) is 0 Å². The summed E-state index contributed by atoms with van der Waals surface area (Å²) in [4.78, 5) is 15.9. The lowest BCUT2D eigenvalue weighted by Crippen LogP contribution is -2.25. The van der Waals surface area contributed by atoms with Crippen LogP contribution in [0, 0.1) is 18.6 Å². The van der Waals surface area contributed by atoms with E-state index in [0.29, 0.717) is 28.6 Å². The Kier molecular flexibility index (Phi) is 7.06. The van der Waals surface area contributed by atoms with Crippen LogP contribution >= 0.6 is 0 Å². The molecule has 0 saturated heterocycles. The summed E-state index contributed by atoms with van der Waals surface area (Å²) in [6, 6.07) is 16.1. The number of hydrogen-bond acceptors (Lipinski definition) is 5. The van der Waals surface area contributed by atoms with E-state index in [-0.39, 0.29) is 28.9 Å². The molecule has 1 atom stereocenters. The predicted molar refractivity (Wildman–Crippen MR) is 169 cm³/mol. The molecule has 0 fully saturated rings. The molecule has 0 amide bonds. The molecule has 3 aromatic heterocycles. The third kappa shape index (κ3) is 5.30. The van der Waals surface area contributed by atoms with Gasteiger partial charge in [-0.15, -0.1) is 0 Å². The van der Waals surface area contributed by atoms with Crippen LogP contribution in [0.15, 0.2) is 71.5 Å². The highest BCUT2D eigenvalue weighted by molar-refractivity contribution is 5.86. The molecule has 7 nitrogen and oxygen atoms in total. The number of nitrogens with zero attached hydrogens (tertiary/aromatic N) is 3. The average Bonchev–Trinajstić information content (AvgIpc) is 3.79. The van der Waals surface area contributed by atoms with E-state index in [0.717, 1.165) is 42.3 Å². The number of H-pyrrole nitrogens is 2. The maximum atomic E-state index is 15.7. The van der Waals surface area contributed by atoms with Gasteiger partial charge < -0.3 is 19.2 Å². The van der Waals surface area contributed by atoms with Gasteiger partial charge in [-0.25, -0.2) is 13.8 Å². The molecule has 0 spiro atoms. The third-order valence-electron chi connectivity index (χ3n) is 9.23. The van der Waals surface area contributed by atoms with Crippen molar-refractivity contribution in [3.63, 3.8) is 0 Å². The predicted octanol–water partition coefficient (Wildman–Crippen LogP) is 9.07. The van der Waals surface area contributed by atoms with Crippen molar-refractivity contribution in [3.05, 3.63) is 113 Å². The van der Waals surface area contributed by atoms with E-state index in [1.54, 1.807) is 18.5 Å². The largest absolute Gasteiger partial charge is 0.454 e. The second kappa shape index (κ2) is 11.0. The minimum Gasteiger partial charge on any atom is -0.454 e. The zero-order valence-electron chi connectivity index (χ0n) is 25.8. The molecular formula is C36H35F2N5O2. The topological polar surface area (TPSA) is 92.6 Å². The molecule has 4 heterocycles. The van der Waals surface area contributed by atoms with Gasteiger partial charge in [-0.2, -0.15) is 4.98 Å². The van der Waals surface area contributed by atoms with Crippen LogP contribution in [0.2, 0.25) is 0 Å². The Hall–Kier alpha value is -4.79. The molecule has 9 heteroatoms. The van der Waals surface area contributed by atoms with Gasteiger partial charge >= 0.3 is 0 Å². The first-order valence-electron chi connectivity index (χ1n) is 15.3. The van der Waals surface area contributed by atoms with Gasteiger partial charge in [0, 0.05) is 51.5 Å². The van der Waals surface area contributed by atoms with E-state index < -0.39 is 17.0 Å². The molecule has 1 unspecified atom stereocenters. The summed E-state index contributed by atoms with van der Waals surface area (Å²) in [5.74, 6) is 0.617. The summed E-state index contributed by atoms with van der Waals surface area (Å²) < 4.78 is 43.0. The normalized spacial score (nSPS) is 18.4. The number of ether oxygens (including phenoxy) is 1. The van der Waals surface area contributed by atoms with Crippen LogP contribution < -0.4 is 4.74 Å². The van der Waals surface area contributed by atoms with Gasteiger partial charge in [0.05, 0.1) is 12.0 Å². The Labute approximate surface area is 260 Å². The lowest BCUT2D eigenvalue weighted by Gasteiger charge is -2.30. The number of fused-ring (bicyclic) bond motifs is 10. The molecule has 45 heavy (non-hydrogen) atoms. The first-order chi connectivity index (χ1) is 21.6. The first-order valence-corrected chi connectivity index (χ1v) is 15.3. The Morgan fingerprint density at radius 1 is 0.933 bits per heavy atom. The molecule has 0 radical (unpaired) electrons. The van der Waals surface area contributed by atoms with Gasteiger partial charge in [-0.05, 0) is 56.5 Å². The molecule has 6 aromatic rings. The minimum absolute atomic E-state index is 0.0174. The number of hydrogen-bond donors (Lipinski definition) is 2. The Bertz CT molecular complexity index is 2020.